The summed E-state index contributed by atoms with van der Waals surface area (Å²) in [6, 6.07) is 21.4. The standard InChI is InChI=1S/C36H39FN6O/c1-25(41-19-7-10-31(24-41)38-35(44)12-8-18-40(3)4)28-17-20-42-26(2)36(39-34(42)22-28)33-21-29-9-5-6-11-32(29)43(33)23-27-13-15-30(37)16-14-27/h5-6,8-9,11-17,20-22,31H,1,7,10,18-19,23-24H2,2-4H3,(H,38,44)/b12-8+. The molecule has 0 radical (unpaired) electrons. The second-order valence-electron chi connectivity index (χ2n) is 11.9. The Hall–Kier alpha value is -4.69. The molecule has 3 aromatic heterocycles. The molecule has 1 atom stereocenters. The van der Waals surface area contributed by atoms with Crippen molar-refractivity contribution in [2.45, 2.75) is 32.4 Å². The van der Waals surface area contributed by atoms with E-state index in [0.717, 1.165) is 82.9 Å². The summed E-state index contributed by atoms with van der Waals surface area (Å²) in [5.74, 6) is -0.291. The predicted octanol–water partition coefficient (Wildman–Crippen LogP) is 6.12. The van der Waals surface area contributed by atoms with E-state index in [9.17, 15) is 9.18 Å². The van der Waals surface area contributed by atoms with Crippen molar-refractivity contribution in [3.63, 3.8) is 0 Å². The highest BCUT2D eigenvalue weighted by Crippen LogP contribution is 2.32. The summed E-state index contributed by atoms with van der Waals surface area (Å²) in [5.41, 5.74) is 7.90. The highest BCUT2D eigenvalue weighted by atomic mass is 19.1. The van der Waals surface area contributed by atoms with Gasteiger partial charge < -0.3 is 24.1 Å². The number of rotatable bonds is 9. The summed E-state index contributed by atoms with van der Waals surface area (Å²) in [6.45, 7) is 9.50. The largest absolute Gasteiger partial charge is 0.369 e. The van der Waals surface area contributed by atoms with Crippen LogP contribution in [0.15, 0.2) is 91.7 Å². The lowest BCUT2D eigenvalue weighted by Gasteiger charge is -2.35. The third kappa shape index (κ3) is 6.17. The number of piperidine rings is 1. The number of carbonyl (C=O) groups excluding carboxylic acids is 1. The molecule has 1 saturated heterocycles. The van der Waals surface area contributed by atoms with Crippen molar-refractivity contribution >= 4 is 28.2 Å². The summed E-state index contributed by atoms with van der Waals surface area (Å²) in [7, 11) is 3.96. The van der Waals surface area contributed by atoms with Gasteiger partial charge in [-0.05, 0) is 75.8 Å². The molecule has 6 rings (SSSR count). The summed E-state index contributed by atoms with van der Waals surface area (Å²) >= 11 is 0. The van der Waals surface area contributed by atoms with E-state index < -0.39 is 0 Å². The minimum Gasteiger partial charge on any atom is -0.369 e. The fourth-order valence-electron chi connectivity index (χ4n) is 6.08. The Labute approximate surface area is 257 Å². The number of halogens is 1. The van der Waals surface area contributed by atoms with Gasteiger partial charge in [0, 0.05) is 72.4 Å². The maximum Gasteiger partial charge on any atom is 0.243 e. The minimum absolute atomic E-state index is 0.0528. The van der Waals surface area contributed by atoms with Crippen molar-refractivity contribution in [2.75, 3.05) is 33.7 Å². The van der Waals surface area contributed by atoms with E-state index in [4.69, 9.17) is 4.98 Å². The highest BCUT2D eigenvalue weighted by molar-refractivity contribution is 5.88. The minimum atomic E-state index is -0.238. The number of nitrogens with one attached hydrogen (secondary N) is 1. The summed E-state index contributed by atoms with van der Waals surface area (Å²) < 4.78 is 18.0. The van der Waals surface area contributed by atoms with Gasteiger partial charge in [0.05, 0.1) is 5.69 Å². The molecule has 1 aliphatic heterocycles. The van der Waals surface area contributed by atoms with Gasteiger partial charge in [0.2, 0.25) is 5.91 Å². The van der Waals surface area contributed by atoms with Crippen LogP contribution in [-0.2, 0) is 11.3 Å². The molecule has 7 nitrogen and oxygen atoms in total. The number of likely N-dealkylation sites (tertiary alicyclic amines) is 1. The van der Waals surface area contributed by atoms with E-state index in [1.165, 1.54) is 12.1 Å². The number of para-hydroxylation sites is 1. The Morgan fingerprint density at radius 3 is 2.73 bits per heavy atom. The third-order valence-corrected chi connectivity index (χ3v) is 8.39. The van der Waals surface area contributed by atoms with Crippen LogP contribution in [0, 0.1) is 12.7 Å². The topological polar surface area (TPSA) is 57.8 Å². The van der Waals surface area contributed by atoms with Crippen LogP contribution in [0.1, 0.15) is 29.7 Å². The van der Waals surface area contributed by atoms with Gasteiger partial charge in [-0.2, -0.15) is 0 Å². The molecule has 1 aliphatic rings. The predicted molar refractivity (Wildman–Crippen MR) is 176 cm³/mol. The summed E-state index contributed by atoms with van der Waals surface area (Å²) in [6.07, 6.45) is 7.50. The van der Waals surface area contributed by atoms with Crippen molar-refractivity contribution in [3.8, 4) is 11.4 Å². The van der Waals surface area contributed by atoms with Crippen LogP contribution in [0.2, 0.25) is 0 Å². The molecular formula is C36H39FN6O. The molecule has 1 N–H and O–H groups in total. The molecule has 0 spiro atoms. The molecule has 0 saturated carbocycles. The average Bonchev–Trinajstić information content (AvgIpc) is 3.54. The maximum atomic E-state index is 13.6. The summed E-state index contributed by atoms with van der Waals surface area (Å²) in [4.78, 5) is 21.9. The van der Waals surface area contributed by atoms with E-state index in [2.05, 4.69) is 69.2 Å². The first-order chi connectivity index (χ1) is 21.3. The lowest BCUT2D eigenvalue weighted by atomic mass is 10.0. The van der Waals surface area contributed by atoms with E-state index >= 15 is 0 Å². The molecule has 1 amide bonds. The molecule has 4 heterocycles. The Kier molecular flexibility index (Phi) is 8.35. The number of likely N-dealkylation sites (N-methyl/N-ethyl adjacent to an activating group) is 1. The number of amides is 1. The number of aromatic nitrogens is 3. The lowest BCUT2D eigenvalue weighted by molar-refractivity contribution is -0.117. The molecule has 2 aromatic carbocycles. The molecular weight excluding hydrogens is 551 g/mol. The Bertz CT molecular complexity index is 1850. The number of fused-ring (bicyclic) bond motifs is 2. The number of hydrogen-bond acceptors (Lipinski definition) is 4. The van der Waals surface area contributed by atoms with E-state index in [1.807, 2.05) is 49.3 Å². The van der Waals surface area contributed by atoms with Crippen LogP contribution in [-0.4, -0.2) is 69.4 Å². The number of hydrogen-bond donors (Lipinski definition) is 1. The highest BCUT2D eigenvalue weighted by Gasteiger charge is 2.23. The van der Waals surface area contributed by atoms with Gasteiger partial charge in [0.15, 0.2) is 0 Å². The number of benzene rings is 2. The van der Waals surface area contributed by atoms with Crippen LogP contribution in [0.5, 0.6) is 0 Å². The molecule has 0 bridgehead atoms. The van der Waals surface area contributed by atoms with E-state index in [1.54, 1.807) is 6.08 Å². The van der Waals surface area contributed by atoms with E-state index in [-0.39, 0.29) is 17.8 Å². The molecule has 1 unspecified atom stereocenters. The van der Waals surface area contributed by atoms with Crippen LogP contribution in [0.4, 0.5) is 4.39 Å². The number of carbonyl (C=O) groups is 1. The second-order valence-corrected chi connectivity index (χ2v) is 11.9. The fourth-order valence-corrected chi connectivity index (χ4v) is 6.08. The summed E-state index contributed by atoms with van der Waals surface area (Å²) in [5, 5.41) is 4.29. The quantitative estimate of drug-likeness (QED) is 0.210. The normalized spacial score (nSPS) is 15.6. The average molecular weight is 591 g/mol. The van der Waals surface area contributed by atoms with Crippen molar-refractivity contribution in [3.05, 3.63) is 114 Å². The molecule has 226 valence electrons. The van der Waals surface area contributed by atoms with Gasteiger partial charge in [0.1, 0.15) is 17.2 Å². The number of pyridine rings is 1. The lowest BCUT2D eigenvalue weighted by Crippen LogP contribution is -2.46. The molecule has 1 fully saturated rings. The zero-order chi connectivity index (χ0) is 30.8. The Morgan fingerprint density at radius 1 is 1.14 bits per heavy atom. The van der Waals surface area contributed by atoms with Crippen molar-refractivity contribution in [1.82, 2.24) is 29.1 Å². The van der Waals surface area contributed by atoms with Gasteiger partial charge in [-0.15, -0.1) is 0 Å². The fraction of sp³-hybridized carbons (Fsp3) is 0.278. The number of imidazole rings is 1. The van der Waals surface area contributed by atoms with Crippen LogP contribution >= 0.6 is 0 Å². The van der Waals surface area contributed by atoms with Gasteiger partial charge in [-0.1, -0.05) is 43.0 Å². The first-order valence-electron chi connectivity index (χ1n) is 15.1. The van der Waals surface area contributed by atoms with Crippen molar-refractivity contribution in [1.29, 1.82) is 0 Å². The first-order valence-corrected chi connectivity index (χ1v) is 15.1. The second kappa shape index (κ2) is 12.5. The van der Waals surface area contributed by atoms with Crippen LogP contribution in [0.25, 0.3) is 33.6 Å². The monoisotopic (exact) mass is 590 g/mol. The maximum absolute atomic E-state index is 13.6. The smallest absolute Gasteiger partial charge is 0.243 e. The first kappa shape index (κ1) is 29.4. The van der Waals surface area contributed by atoms with Crippen LogP contribution in [0.3, 0.4) is 0 Å². The zero-order valence-corrected chi connectivity index (χ0v) is 25.6. The number of nitrogens with zero attached hydrogens (tertiary/aromatic N) is 5. The number of aryl methyl sites for hydroxylation is 1. The molecule has 44 heavy (non-hydrogen) atoms. The molecule has 0 aliphatic carbocycles. The Morgan fingerprint density at radius 2 is 1.93 bits per heavy atom. The van der Waals surface area contributed by atoms with Gasteiger partial charge >= 0.3 is 0 Å². The Balaban J connectivity index is 1.25. The van der Waals surface area contributed by atoms with E-state index in [0.29, 0.717) is 6.54 Å². The van der Waals surface area contributed by atoms with Crippen LogP contribution < -0.4 is 5.32 Å². The van der Waals surface area contributed by atoms with Gasteiger partial charge in [0.25, 0.3) is 0 Å². The van der Waals surface area contributed by atoms with Crippen molar-refractivity contribution in [2.24, 2.45) is 0 Å². The zero-order valence-electron chi connectivity index (χ0n) is 25.6. The molecule has 8 heteroatoms. The van der Waals surface area contributed by atoms with Gasteiger partial charge in [-0.3, -0.25) is 4.79 Å². The van der Waals surface area contributed by atoms with Crippen molar-refractivity contribution < 1.29 is 9.18 Å². The van der Waals surface area contributed by atoms with Gasteiger partial charge in [-0.25, -0.2) is 9.37 Å². The third-order valence-electron chi connectivity index (χ3n) is 8.39. The SMILES string of the molecule is C=C(c1ccn2c(C)c(-c3cc4ccccc4n3Cc3ccc(F)cc3)nc2c1)N1CCCC(NC(=O)/C=C/CN(C)C)C1. The molecule has 5 aromatic rings.